The van der Waals surface area contributed by atoms with Crippen LogP contribution in [0.15, 0.2) is 0 Å². The van der Waals surface area contributed by atoms with E-state index in [1.165, 1.54) is 19.3 Å². The molecule has 0 aromatic carbocycles. The molecule has 4 heteroatoms. The summed E-state index contributed by atoms with van der Waals surface area (Å²) in [5, 5.41) is 0. The summed E-state index contributed by atoms with van der Waals surface area (Å²) in [5.41, 5.74) is 0. The number of carbonyl (C=O) groups is 2. The van der Waals surface area contributed by atoms with Gasteiger partial charge in [0.05, 0.1) is 12.7 Å². The lowest BCUT2D eigenvalue weighted by Gasteiger charge is -2.13. The largest absolute Gasteiger partial charge is 0.466 e. The zero-order valence-electron chi connectivity index (χ0n) is 14.0. The molecule has 0 aliphatic heterocycles. The first-order valence-electron chi connectivity index (χ1n) is 8.45. The van der Waals surface area contributed by atoms with Gasteiger partial charge in [-0.1, -0.05) is 39.5 Å². The maximum absolute atomic E-state index is 11.6. The summed E-state index contributed by atoms with van der Waals surface area (Å²) in [5.74, 6) is -0.428. The molecule has 4 nitrogen and oxygen atoms in total. The van der Waals surface area contributed by atoms with Crippen LogP contribution in [0.5, 0.6) is 0 Å². The van der Waals surface area contributed by atoms with Crippen molar-refractivity contribution >= 4 is 11.9 Å². The van der Waals surface area contributed by atoms with Crippen LogP contribution < -0.4 is 0 Å². The molecule has 124 valence electrons. The molecule has 0 N–H and O–H groups in total. The molecule has 0 aliphatic rings. The molecule has 1 unspecified atom stereocenters. The topological polar surface area (TPSA) is 52.6 Å². The van der Waals surface area contributed by atoms with E-state index in [2.05, 4.69) is 6.92 Å². The Morgan fingerprint density at radius 1 is 0.857 bits per heavy atom. The van der Waals surface area contributed by atoms with E-state index < -0.39 is 0 Å². The molecule has 0 bridgehead atoms. The molecule has 21 heavy (non-hydrogen) atoms. The van der Waals surface area contributed by atoms with Gasteiger partial charge >= 0.3 is 11.9 Å². The number of hydrogen-bond donors (Lipinski definition) is 0. The highest BCUT2D eigenvalue weighted by molar-refractivity contribution is 5.72. The number of esters is 2. The fourth-order valence-corrected chi connectivity index (χ4v) is 1.98. The van der Waals surface area contributed by atoms with Gasteiger partial charge in [-0.3, -0.25) is 9.59 Å². The second-order valence-electron chi connectivity index (χ2n) is 5.58. The van der Waals surface area contributed by atoms with Crippen molar-refractivity contribution in [3.8, 4) is 0 Å². The van der Waals surface area contributed by atoms with Gasteiger partial charge in [0.1, 0.15) is 0 Å². The summed E-state index contributed by atoms with van der Waals surface area (Å²) in [6.07, 6.45) is 8.64. The van der Waals surface area contributed by atoms with Crippen molar-refractivity contribution in [1.82, 2.24) is 0 Å². The molecule has 1 atom stereocenters. The average molecular weight is 300 g/mol. The molecule has 0 saturated heterocycles. The quantitative estimate of drug-likeness (QED) is 0.373. The predicted octanol–water partition coefficient (Wildman–Crippen LogP) is 4.40. The lowest BCUT2D eigenvalue weighted by Crippen LogP contribution is -2.15. The van der Waals surface area contributed by atoms with Crippen LogP contribution in [-0.2, 0) is 19.1 Å². The smallest absolute Gasteiger partial charge is 0.306 e. The third kappa shape index (κ3) is 13.7. The summed E-state index contributed by atoms with van der Waals surface area (Å²) in [6, 6.07) is 0. The van der Waals surface area contributed by atoms with Crippen LogP contribution in [0.4, 0.5) is 0 Å². The van der Waals surface area contributed by atoms with Crippen molar-refractivity contribution < 1.29 is 19.1 Å². The van der Waals surface area contributed by atoms with Gasteiger partial charge in [-0.25, -0.2) is 0 Å². The highest BCUT2D eigenvalue weighted by atomic mass is 16.5. The molecular weight excluding hydrogens is 268 g/mol. The summed E-state index contributed by atoms with van der Waals surface area (Å²) >= 11 is 0. The zero-order chi connectivity index (χ0) is 15.9. The lowest BCUT2D eigenvalue weighted by atomic mass is 10.1. The normalized spacial score (nSPS) is 12.0. The third-order valence-electron chi connectivity index (χ3n) is 3.32. The van der Waals surface area contributed by atoms with E-state index in [-0.39, 0.29) is 18.0 Å². The Kier molecular flexibility index (Phi) is 13.2. The van der Waals surface area contributed by atoms with Crippen LogP contribution in [0.2, 0.25) is 0 Å². The Labute approximate surface area is 129 Å². The van der Waals surface area contributed by atoms with Crippen molar-refractivity contribution in [2.75, 3.05) is 6.61 Å². The van der Waals surface area contributed by atoms with Crippen LogP contribution in [0, 0.1) is 0 Å². The molecule has 0 saturated carbocycles. The number of unbranched alkanes of at least 4 members (excludes halogenated alkanes) is 4. The summed E-state index contributed by atoms with van der Waals surface area (Å²) in [6.45, 7) is 6.64. The SMILES string of the molecule is CCCCCCC(C)OC(=O)CCCC(=O)OCCCC. The predicted molar refractivity (Wildman–Crippen MR) is 84.0 cm³/mol. The van der Waals surface area contributed by atoms with Gasteiger partial charge < -0.3 is 9.47 Å². The number of carbonyl (C=O) groups excluding carboxylic acids is 2. The first kappa shape index (κ1) is 19.9. The molecule has 0 rings (SSSR count). The molecule has 0 radical (unpaired) electrons. The Morgan fingerprint density at radius 2 is 1.52 bits per heavy atom. The highest BCUT2D eigenvalue weighted by Gasteiger charge is 2.10. The van der Waals surface area contributed by atoms with E-state index in [4.69, 9.17) is 9.47 Å². The first-order chi connectivity index (χ1) is 10.1. The van der Waals surface area contributed by atoms with Crippen molar-refractivity contribution in [3.05, 3.63) is 0 Å². The van der Waals surface area contributed by atoms with Crippen molar-refractivity contribution in [1.29, 1.82) is 0 Å². The minimum absolute atomic E-state index is 0.0224. The van der Waals surface area contributed by atoms with E-state index in [9.17, 15) is 9.59 Å². The van der Waals surface area contributed by atoms with Gasteiger partial charge in [-0.05, 0) is 32.6 Å². The molecular formula is C17H32O4. The van der Waals surface area contributed by atoms with Gasteiger partial charge in [0.25, 0.3) is 0 Å². The van der Waals surface area contributed by atoms with Gasteiger partial charge in [-0.2, -0.15) is 0 Å². The van der Waals surface area contributed by atoms with Crippen molar-refractivity contribution in [2.45, 2.75) is 91.1 Å². The van der Waals surface area contributed by atoms with Crippen LogP contribution in [0.25, 0.3) is 0 Å². The van der Waals surface area contributed by atoms with Crippen LogP contribution in [0.1, 0.15) is 85.0 Å². The van der Waals surface area contributed by atoms with Gasteiger partial charge in [0.2, 0.25) is 0 Å². The van der Waals surface area contributed by atoms with E-state index in [0.29, 0.717) is 25.9 Å². The lowest BCUT2D eigenvalue weighted by molar-refractivity contribution is -0.149. The van der Waals surface area contributed by atoms with E-state index in [1.54, 1.807) is 0 Å². The maximum Gasteiger partial charge on any atom is 0.306 e. The maximum atomic E-state index is 11.6. The molecule has 0 aromatic rings. The fraction of sp³-hybridized carbons (Fsp3) is 0.882. The molecule has 0 aliphatic carbocycles. The van der Waals surface area contributed by atoms with Gasteiger partial charge in [-0.15, -0.1) is 0 Å². The Hall–Kier alpha value is -1.06. The van der Waals surface area contributed by atoms with Crippen LogP contribution in [-0.4, -0.2) is 24.6 Å². The summed E-state index contributed by atoms with van der Waals surface area (Å²) < 4.78 is 10.4. The number of ether oxygens (including phenoxy) is 2. The minimum Gasteiger partial charge on any atom is -0.466 e. The monoisotopic (exact) mass is 300 g/mol. The van der Waals surface area contributed by atoms with E-state index >= 15 is 0 Å². The molecule has 0 aromatic heterocycles. The van der Waals surface area contributed by atoms with Crippen molar-refractivity contribution in [3.63, 3.8) is 0 Å². The Balaban J connectivity index is 3.54. The third-order valence-corrected chi connectivity index (χ3v) is 3.32. The van der Waals surface area contributed by atoms with Gasteiger partial charge in [0.15, 0.2) is 0 Å². The van der Waals surface area contributed by atoms with Gasteiger partial charge in [0, 0.05) is 12.8 Å². The van der Waals surface area contributed by atoms with Crippen molar-refractivity contribution in [2.24, 2.45) is 0 Å². The second-order valence-corrected chi connectivity index (χ2v) is 5.58. The molecule has 0 heterocycles. The average Bonchev–Trinajstić information content (AvgIpc) is 2.44. The minimum atomic E-state index is -0.219. The number of hydrogen-bond acceptors (Lipinski definition) is 4. The molecule has 0 fully saturated rings. The van der Waals surface area contributed by atoms with E-state index in [0.717, 1.165) is 25.7 Å². The molecule has 0 amide bonds. The summed E-state index contributed by atoms with van der Waals surface area (Å²) in [7, 11) is 0. The Bertz CT molecular complexity index is 276. The fourth-order valence-electron chi connectivity index (χ4n) is 1.98. The van der Waals surface area contributed by atoms with Crippen LogP contribution in [0.3, 0.4) is 0 Å². The van der Waals surface area contributed by atoms with Crippen LogP contribution >= 0.6 is 0 Å². The second kappa shape index (κ2) is 13.9. The summed E-state index contributed by atoms with van der Waals surface area (Å²) in [4.78, 5) is 23.0. The zero-order valence-corrected chi connectivity index (χ0v) is 14.0. The highest BCUT2D eigenvalue weighted by Crippen LogP contribution is 2.09. The number of rotatable bonds is 13. The molecule has 0 spiro atoms. The standard InChI is InChI=1S/C17H32O4/c1-4-6-8-9-11-15(3)21-17(19)13-10-12-16(18)20-14-7-5-2/h15H,4-14H2,1-3H3. The first-order valence-corrected chi connectivity index (χ1v) is 8.45. The van der Waals surface area contributed by atoms with E-state index in [1.807, 2.05) is 13.8 Å². The Morgan fingerprint density at radius 3 is 2.19 bits per heavy atom.